The van der Waals surface area contributed by atoms with Crippen LogP contribution in [0.15, 0.2) is 24.3 Å². The second-order valence-electron chi connectivity index (χ2n) is 4.36. The summed E-state index contributed by atoms with van der Waals surface area (Å²) in [6.07, 6.45) is -2.01. The molecule has 122 valence electrons. The fourth-order valence-corrected chi connectivity index (χ4v) is 1.45. The molecule has 1 aromatic carbocycles. The summed E-state index contributed by atoms with van der Waals surface area (Å²) in [5.74, 6) is -1.51. The maximum absolute atomic E-state index is 11.7. The molecule has 22 heavy (non-hydrogen) atoms. The first kappa shape index (κ1) is 18.1. The topological polar surface area (TPSA) is 134 Å². The number of carbonyl (C=O) groups is 2. The predicted molar refractivity (Wildman–Crippen MR) is 73.2 cm³/mol. The number of carbonyl (C=O) groups excluding carboxylic acids is 2. The van der Waals surface area contributed by atoms with E-state index in [2.05, 4.69) is 0 Å². The van der Waals surface area contributed by atoms with Crippen LogP contribution in [0.5, 0.6) is 0 Å². The first-order chi connectivity index (χ1) is 10.5. The molecular formula is C14H18O8. The zero-order valence-corrected chi connectivity index (χ0v) is 11.7. The summed E-state index contributed by atoms with van der Waals surface area (Å²) in [6.45, 7) is -2.01. The fraction of sp³-hybridized carbons (Fsp3) is 0.429. The van der Waals surface area contributed by atoms with E-state index >= 15 is 0 Å². The monoisotopic (exact) mass is 314 g/mol. The second kappa shape index (κ2) is 9.11. The number of aliphatic hydroxyl groups excluding tert-OH is 4. The molecule has 0 radical (unpaired) electrons. The van der Waals surface area contributed by atoms with Gasteiger partial charge in [0.05, 0.1) is 37.6 Å². The van der Waals surface area contributed by atoms with Gasteiger partial charge in [0.25, 0.3) is 0 Å². The van der Waals surface area contributed by atoms with Crippen LogP contribution in [-0.4, -0.2) is 71.0 Å². The van der Waals surface area contributed by atoms with Gasteiger partial charge in [0, 0.05) is 0 Å². The minimum absolute atomic E-state index is 0.129. The van der Waals surface area contributed by atoms with Crippen molar-refractivity contribution >= 4 is 11.9 Å². The molecule has 0 aliphatic rings. The maximum atomic E-state index is 11.7. The van der Waals surface area contributed by atoms with E-state index in [1.165, 1.54) is 24.3 Å². The quantitative estimate of drug-likeness (QED) is 0.435. The highest BCUT2D eigenvalue weighted by Crippen LogP contribution is 2.09. The van der Waals surface area contributed by atoms with Gasteiger partial charge in [0.1, 0.15) is 12.2 Å². The van der Waals surface area contributed by atoms with Crippen LogP contribution >= 0.6 is 0 Å². The molecule has 8 heteroatoms. The zero-order chi connectivity index (χ0) is 16.5. The molecule has 1 rings (SSSR count). The van der Waals surface area contributed by atoms with E-state index in [0.717, 1.165) is 0 Å². The van der Waals surface area contributed by atoms with Gasteiger partial charge in [-0.05, 0) is 24.3 Å². The number of rotatable bonds is 8. The normalized spacial score (nSPS) is 10.8. The number of hydrogen-bond donors (Lipinski definition) is 4. The Hall–Kier alpha value is -2.00. The lowest BCUT2D eigenvalue weighted by molar-refractivity contribution is -0.00612. The Bertz CT molecular complexity index is 431. The Morgan fingerprint density at radius 1 is 0.727 bits per heavy atom. The van der Waals surface area contributed by atoms with Crippen molar-refractivity contribution in [2.75, 3.05) is 26.4 Å². The predicted octanol–water partition coefficient (Wildman–Crippen LogP) is -1.29. The molecule has 0 fully saturated rings. The van der Waals surface area contributed by atoms with E-state index in [1.54, 1.807) is 0 Å². The third kappa shape index (κ3) is 5.08. The molecule has 4 N–H and O–H groups in total. The van der Waals surface area contributed by atoms with Crippen molar-refractivity contribution in [2.45, 2.75) is 12.2 Å². The lowest BCUT2D eigenvalue weighted by Gasteiger charge is -2.14. The minimum Gasteiger partial charge on any atom is -0.454 e. The van der Waals surface area contributed by atoms with Crippen LogP contribution in [0.1, 0.15) is 20.7 Å². The molecule has 0 aliphatic heterocycles. The SMILES string of the molecule is O=C(OC(CO)CO)c1ccc(C(=O)OC(CO)CO)cc1. The van der Waals surface area contributed by atoms with E-state index in [9.17, 15) is 9.59 Å². The average Bonchev–Trinajstić information content (AvgIpc) is 2.57. The molecule has 0 amide bonds. The van der Waals surface area contributed by atoms with Gasteiger partial charge in [-0.3, -0.25) is 0 Å². The standard InChI is InChI=1S/C14H18O8/c15-5-11(6-16)21-13(19)9-1-2-10(4-3-9)14(20)22-12(7-17)8-18/h1-4,11-12,15-18H,5-8H2. The van der Waals surface area contributed by atoms with Crippen molar-refractivity contribution in [3.8, 4) is 0 Å². The van der Waals surface area contributed by atoms with Crippen LogP contribution in [0.2, 0.25) is 0 Å². The van der Waals surface area contributed by atoms with Crippen molar-refractivity contribution < 1.29 is 39.5 Å². The Morgan fingerprint density at radius 3 is 1.23 bits per heavy atom. The summed E-state index contributed by atoms with van der Waals surface area (Å²) >= 11 is 0. The van der Waals surface area contributed by atoms with E-state index < -0.39 is 50.6 Å². The van der Waals surface area contributed by atoms with Gasteiger partial charge in [0.15, 0.2) is 0 Å². The van der Waals surface area contributed by atoms with Crippen LogP contribution in [0, 0.1) is 0 Å². The number of ether oxygens (including phenoxy) is 2. The summed E-state index contributed by atoms with van der Waals surface area (Å²) in [6, 6.07) is 5.27. The number of hydrogen-bond acceptors (Lipinski definition) is 8. The van der Waals surface area contributed by atoms with Crippen LogP contribution in [0.4, 0.5) is 0 Å². The molecule has 1 aromatic rings. The van der Waals surface area contributed by atoms with E-state index in [1.807, 2.05) is 0 Å². The zero-order valence-electron chi connectivity index (χ0n) is 11.7. The first-order valence-corrected chi connectivity index (χ1v) is 6.51. The average molecular weight is 314 g/mol. The van der Waals surface area contributed by atoms with Crippen LogP contribution in [0.3, 0.4) is 0 Å². The van der Waals surface area contributed by atoms with Crippen molar-refractivity contribution in [3.63, 3.8) is 0 Å². The van der Waals surface area contributed by atoms with Gasteiger partial charge in [-0.1, -0.05) is 0 Å². The molecule has 8 nitrogen and oxygen atoms in total. The first-order valence-electron chi connectivity index (χ1n) is 6.51. The van der Waals surface area contributed by atoms with Crippen LogP contribution in [0.25, 0.3) is 0 Å². The van der Waals surface area contributed by atoms with E-state index in [4.69, 9.17) is 29.9 Å². The van der Waals surface area contributed by atoms with Crippen LogP contribution < -0.4 is 0 Å². The highest BCUT2D eigenvalue weighted by atomic mass is 16.6. The molecule has 0 saturated carbocycles. The molecule has 0 spiro atoms. The van der Waals surface area contributed by atoms with Crippen molar-refractivity contribution in [2.24, 2.45) is 0 Å². The Balaban J connectivity index is 2.69. The molecule has 0 aromatic heterocycles. The molecule has 0 unspecified atom stereocenters. The molecule has 0 bridgehead atoms. The maximum Gasteiger partial charge on any atom is 0.338 e. The summed E-state index contributed by atoms with van der Waals surface area (Å²) in [4.78, 5) is 23.4. The van der Waals surface area contributed by atoms with Gasteiger partial charge in [-0.25, -0.2) is 9.59 Å². The highest BCUT2D eigenvalue weighted by molar-refractivity contribution is 5.93. The van der Waals surface area contributed by atoms with Crippen molar-refractivity contribution in [1.82, 2.24) is 0 Å². The van der Waals surface area contributed by atoms with Gasteiger partial charge in [0.2, 0.25) is 0 Å². The summed E-state index contributed by atoms with van der Waals surface area (Å²) in [5.41, 5.74) is 0.258. The highest BCUT2D eigenvalue weighted by Gasteiger charge is 2.17. The Labute approximate surface area is 126 Å². The van der Waals surface area contributed by atoms with Gasteiger partial charge in [-0.15, -0.1) is 0 Å². The number of esters is 2. The Morgan fingerprint density at radius 2 is 1.00 bits per heavy atom. The van der Waals surface area contributed by atoms with Crippen molar-refractivity contribution in [3.05, 3.63) is 35.4 Å². The van der Waals surface area contributed by atoms with Gasteiger partial charge < -0.3 is 29.9 Å². The molecule has 0 aliphatic carbocycles. The molecule has 0 heterocycles. The fourth-order valence-electron chi connectivity index (χ4n) is 1.45. The van der Waals surface area contributed by atoms with Crippen LogP contribution in [-0.2, 0) is 9.47 Å². The summed E-state index contributed by atoms with van der Waals surface area (Å²) in [7, 11) is 0. The molecule has 0 atom stereocenters. The van der Waals surface area contributed by atoms with E-state index in [0.29, 0.717) is 0 Å². The van der Waals surface area contributed by atoms with Gasteiger partial charge >= 0.3 is 11.9 Å². The Kier molecular flexibility index (Phi) is 7.47. The third-order valence-corrected chi connectivity index (χ3v) is 2.72. The lowest BCUT2D eigenvalue weighted by atomic mass is 10.1. The van der Waals surface area contributed by atoms with Crippen molar-refractivity contribution in [1.29, 1.82) is 0 Å². The number of benzene rings is 1. The summed E-state index contributed by atoms with van der Waals surface area (Å²) < 4.78 is 9.63. The molecular weight excluding hydrogens is 296 g/mol. The molecule has 0 saturated heterocycles. The second-order valence-corrected chi connectivity index (χ2v) is 4.36. The smallest absolute Gasteiger partial charge is 0.338 e. The summed E-state index contributed by atoms with van der Waals surface area (Å²) in [5, 5.41) is 35.3. The van der Waals surface area contributed by atoms with Gasteiger partial charge in [-0.2, -0.15) is 0 Å². The largest absolute Gasteiger partial charge is 0.454 e. The number of aliphatic hydroxyl groups is 4. The minimum atomic E-state index is -1.01. The van der Waals surface area contributed by atoms with E-state index in [-0.39, 0.29) is 11.1 Å². The third-order valence-electron chi connectivity index (χ3n) is 2.72. The lowest BCUT2D eigenvalue weighted by Crippen LogP contribution is -2.26.